The molecule has 0 aliphatic carbocycles. The van der Waals surface area contributed by atoms with Crippen molar-refractivity contribution in [1.29, 1.82) is 0 Å². The average molecular weight is 488 g/mol. The van der Waals surface area contributed by atoms with E-state index in [9.17, 15) is 31.1 Å². The number of hydrogen-bond acceptors (Lipinski definition) is 9. The van der Waals surface area contributed by atoms with Gasteiger partial charge in [0.05, 0.1) is 12.1 Å². The predicted molar refractivity (Wildman–Crippen MR) is 97.1 cm³/mol. The number of nitrogens with one attached hydrogen (secondary N) is 1. The van der Waals surface area contributed by atoms with Gasteiger partial charge in [-0.25, -0.2) is 9.61 Å². The molecule has 0 saturated carbocycles. The second-order valence-electron chi connectivity index (χ2n) is 6.64. The lowest BCUT2D eigenvalue weighted by molar-refractivity contribution is -0.154. The highest BCUT2D eigenvalue weighted by molar-refractivity contribution is 5.95. The number of carbonyl (C=O) groups is 1. The van der Waals surface area contributed by atoms with E-state index in [1.54, 1.807) is 0 Å². The highest BCUT2D eigenvalue weighted by Gasteiger charge is 2.37. The summed E-state index contributed by atoms with van der Waals surface area (Å²) in [7, 11) is 0. The minimum absolute atomic E-state index is 0.0129. The van der Waals surface area contributed by atoms with Crippen LogP contribution in [-0.2, 0) is 12.7 Å². The molecule has 0 saturated heterocycles. The summed E-state index contributed by atoms with van der Waals surface area (Å²) in [6, 6.07) is 5.58. The van der Waals surface area contributed by atoms with Crippen LogP contribution in [-0.4, -0.2) is 44.1 Å². The van der Waals surface area contributed by atoms with Gasteiger partial charge in [-0.1, -0.05) is 11.2 Å². The monoisotopic (exact) mass is 488 g/mol. The van der Waals surface area contributed by atoms with Crippen molar-refractivity contribution >= 4 is 16.9 Å². The largest absolute Gasteiger partial charge is 0.468 e. The van der Waals surface area contributed by atoms with Crippen molar-refractivity contribution in [2.24, 2.45) is 0 Å². The number of aromatic nitrogens is 5. The first-order valence-corrected chi connectivity index (χ1v) is 9.10. The molecule has 1 N–H and O–H groups in total. The van der Waals surface area contributed by atoms with Crippen LogP contribution in [0.5, 0.6) is 5.88 Å². The minimum Gasteiger partial charge on any atom is -0.468 e. The maximum absolute atomic E-state index is 12.6. The molecule has 0 bridgehead atoms. The van der Waals surface area contributed by atoms with Crippen molar-refractivity contribution in [3.63, 3.8) is 0 Å². The van der Waals surface area contributed by atoms with E-state index in [4.69, 9.17) is 4.74 Å². The molecule has 0 aliphatic heterocycles. The maximum atomic E-state index is 12.6. The SMILES string of the molecule is O=C(NCc1nc(C(F)(F)F)no1)c1cnc(OCC(F)(F)F)c(-c2ccc3nonc3c2)c1. The van der Waals surface area contributed by atoms with Crippen LogP contribution in [0.25, 0.3) is 22.2 Å². The van der Waals surface area contributed by atoms with Crippen LogP contribution in [0.1, 0.15) is 22.1 Å². The summed E-state index contributed by atoms with van der Waals surface area (Å²) in [6.45, 7) is -2.18. The molecule has 0 fully saturated rings. The van der Waals surface area contributed by atoms with E-state index >= 15 is 0 Å². The zero-order chi connectivity index (χ0) is 24.5. The van der Waals surface area contributed by atoms with E-state index in [2.05, 4.69) is 39.9 Å². The summed E-state index contributed by atoms with van der Waals surface area (Å²) in [5, 5.41) is 12.3. The van der Waals surface area contributed by atoms with Crippen LogP contribution < -0.4 is 10.1 Å². The first kappa shape index (κ1) is 22.9. The Morgan fingerprint density at radius 1 is 1.03 bits per heavy atom. The van der Waals surface area contributed by atoms with Crippen LogP contribution in [0, 0.1) is 0 Å². The molecule has 16 heteroatoms. The summed E-state index contributed by atoms with van der Waals surface area (Å²) >= 11 is 0. The van der Waals surface area contributed by atoms with Crippen LogP contribution in [0.2, 0.25) is 0 Å². The Labute approximate surface area is 183 Å². The molecule has 3 aromatic heterocycles. The summed E-state index contributed by atoms with van der Waals surface area (Å²) in [5.41, 5.74) is 0.823. The quantitative estimate of drug-likeness (QED) is 0.405. The standard InChI is InChI=1S/C18H10F6N6O4/c19-17(20,21)7-32-15-10(8-1-2-11-12(4-8)29-34-28-11)3-9(5-26-15)14(31)25-6-13-27-16(30-33-13)18(22,23)24/h1-5H,6-7H2,(H,25,31). The zero-order valence-electron chi connectivity index (χ0n) is 16.4. The van der Waals surface area contributed by atoms with E-state index in [0.717, 1.165) is 6.20 Å². The van der Waals surface area contributed by atoms with Crippen LogP contribution in [0.15, 0.2) is 39.6 Å². The Bertz CT molecular complexity index is 1330. The Morgan fingerprint density at radius 2 is 1.79 bits per heavy atom. The maximum Gasteiger partial charge on any atom is 0.455 e. The van der Waals surface area contributed by atoms with Gasteiger partial charge in [0.25, 0.3) is 11.7 Å². The lowest BCUT2D eigenvalue weighted by Crippen LogP contribution is -2.24. The van der Waals surface area contributed by atoms with E-state index in [1.165, 1.54) is 24.3 Å². The van der Waals surface area contributed by atoms with Crippen molar-refractivity contribution < 1.29 is 45.0 Å². The Balaban J connectivity index is 1.59. The number of nitrogens with zero attached hydrogens (tertiary/aromatic N) is 5. The molecule has 1 amide bonds. The number of amides is 1. The highest BCUT2D eigenvalue weighted by atomic mass is 19.4. The van der Waals surface area contributed by atoms with Gasteiger partial charge in [0.2, 0.25) is 11.8 Å². The number of ether oxygens (including phenoxy) is 1. The average Bonchev–Trinajstić information content (AvgIpc) is 3.44. The van der Waals surface area contributed by atoms with Gasteiger partial charge in [0.1, 0.15) is 11.0 Å². The van der Waals surface area contributed by atoms with E-state index in [1.807, 2.05) is 0 Å². The van der Waals surface area contributed by atoms with Gasteiger partial charge >= 0.3 is 12.4 Å². The molecule has 3 heterocycles. The van der Waals surface area contributed by atoms with Gasteiger partial charge in [0.15, 0.2) is 6.61 Å². The van der Waals surface area contributed by atoms with Gasteiger partial charge in [-0.3, -0.25) is 4.79 Å². The molecule has 178 valence electrons. The van der Waals surface area contributed by atoms with Gasteiger partial charge < -0.3 is 14.6 Å². The number of hydrogen-bond donors (Lipinski definition) is 1. The van der Waals surface area contributed by atoms with Crippen molar-refractivity contribution in [1.82, 2.24) is 30.8 Å². The second kappa shape index (κ2) is 8.60. The number of rotatable bonds is 6. The number of carbonyl (C=O) groups excluding carboxylic acids is 1. The summed E-state index contributed by atoms with van der Waals surface area (Å²) in [6.07, 6.45) is -8.53. The van der Waals surface area contributed by atoms with Gasteiger partial charge in [-0.15, -0.1) is 0 Å². The molecule has 0 unspecified atom stereocenters. The number of benzene rings is 1. The fourth-order valence-corrected chi connectivity index (χ4v) is 2.70. The number of alkyl halides is 6. The van der Waals surface area contributed by atoms with E-state index in [0.29, 0.717) is 5.52 Å². The van der Waals surface area contributed by atoms with Gasteiger partial charge in [-0.2, -0.15) is 31.3 Å². The first-order chi connectivity index (χ1) is 16.0. The highest BCUT2D eigenvalue weighted by Crippen LogP contribution is 2.32. The fraction of sp³-hybridized carbons (Fsp3) is 0.222. The Hall–Kier alpha value is -4.24. The second-order valence-corrected chi connectivity index (χ2v) is 6.64. The van der Waals surface area contributed by atoms with Gasteiger partial charge in [-0.05, 0) is 34.1 Å². The summed E-state index contributed by atoms with van der Waals surface area (Å²) in [5.74, 6) is -3.27. The normalized spacial score (nSPS) is 12.2. The molecule has 1 aromatic carbocycles. The van der Waals surface area contributed by atoms with Crippen LogP contribution >= 0.6 is 0 Å². The number of fused-ring (bicyclic) bond motifs is 1. The third-order valence-electron chi connectivity index (χ3n) is 4.17. The van der Waals surface area contributed by atoms with Crippen LogP contribution in [0.3, 0.4) is 0 Å². The molecular weight excluding hydrogens is 478 g/mol. The van der Waals surface area contributed by atoms with Gasteiger partial charge in [0, 0.05) is 11.8 Å². The van der Waals surface area contributed by atoms with Crippen LogP contribution in [0.4, 0.5) is 26.3 Å². The zero-order valence-corrected chi connectivity index (χ0v) is 16.4. The molecule has 4 aromatic rings. The third kappa shape index (κ3) is 5.21. The molecular formula is C18H10F6N6O4. The third-order valence-corrected chi connectivity index (χ3v) is 4.17. The molecule has 4 rings (SSSR count). The topological polar surface area (TPSA) is 129 Å². The lowest BCUT2D eigenvalue weighted by atomic mass is 10.0. The molecule has 10 nitrogen and oxygen atoms in total. The Kier molecular flexibility index (Phi) is 5.80. The van der Waals surface area contributed by atoms with E-state index < -0.39 is 49.0 Å². The molecule has 0 radical (unpaired) electrons. The molecule has 0 aliphatic rings. The smallest absolute Gasteiger partial charge is 0.455 e. The number of halogens is 6. The van der Waals surface area contributed by atoms with Crippen molar-refractivity contribution in [2.45, 2.75) is 18.9 Å². The fourth-order valence-electron chi connectivity index (χ4n) is 2.70. The van der Waals surface area contributed by atoms with E-state index in [-0.39, 0.29) is 22.2 Å². The number of pyridine rings is 1. The predicted octanol–water partition coefficient (Wildman–Crippen LogP) is 3.56. The van der Waals surface area contributed by atoms with Crippen molar-refractivity contribution in [2.75, 3.05) is 6.61 Å². The van der Waals surface area contributed by atoms with Crippen molar-refractivity contribution in [3.8, 4) is 17.0 Å². The molecule has 0 spiro atoms. The first-order valence-electron chi connectivity index (χ1n) is 9.10. The summed E-state index contributed by atoms with van der Waals surface area (Å²) < 4.78 is 89.4. The molecule has 34 heavy (non-hydrogen) atoms. The van der Waals surface area contributed by atoms with Crippen molar-refractivity contribution in [3.05, 3.63) is 47.7 Å². The molecule has 0 atom stereocenters. The minimum atomic E-state index is -4.82. The Morgan fingerprint density at radius 3 is 2.50 bits per heavy atom. The lowest BCUT2D eigenvalue weighted by Gasteiger charge is -2.13. The summed E-state index contributed by atoms with van der Waals surface area (Å²) in [4.78, 5) is 19.4.